The minimum absolute atomic E-state index is 0.0466. The minimum atomic E-state index is 0.0466. The zero-order valence-electron chi connectivity index (χ0n) is 11.7. The number of rotatable bonds is 1. The van der Waals surface area contributed by atoms with Gasteiger partial charge in [0.15, 0.2) is 0 Å². The van der Waals surface area contributed by atoms with Crippen LogP contribution in [-0.2, 0) is 0 Å². The van der Waals surface area contributed by atoms with Gasteiger partial charge in [0.1, 0.15) is 11.5 Å². The van der Waals surface area contributed by atoms with Gasteiger partial charge in [-0.1, -0.05) is 54.6 Å². The normalized spacial score (nSPS) is 11.1. The van der Waals surface area contributed by atoms with E-state index in [2.05, 4.69) is 6.07 Å². The summed E-state index contributed by atoms with van der Waals surface area (Å²) in [6.45, 7) is 0. The van der Waals surface area contributed by atoms with Crippen molar-refractivity contribution in [3.8, 4) is 22.6 Å². The second kappa shape index (κ2) is 4.78. The van der Waals surface area contributed by atoms with Crippen LogP contribution in [0.2, 0.25) is 0 Å². The van der Waals surface area contributed by atoms with E-state index in [1.165, 1.54) is 0 Å². The molecule has 0 bridgehead atoms. The fourth-order valence-electron chi connectivity index (χ4n) is 2.89. The maximum Gasteiger partial charge on any atom is 0.132 e. The van der Waals surface area contributed by atoms with Crippen molar-refractivity contribution in [2.24, 2.45) is 0 Å². The van der Waals surface area contributed by atoms with E-state index in [0.29, 0.717) is 11.1 Å². The molecule has 2 heteroatoms. The molecule has 0 spiro atoms. The molecule has 4 rings (SSSR count). The third-order valence-electron chi connectivity index (χ3n) is 3.95. The van der Waals surface area contributed by atoms with Crippen molar-refractivity contribution in [3.63, 3.8) is 0 Å². The highest BCUT2D eigenvalue weighted by atomic mass is 16.3. The smallest absolute Gasteiger partial charge is 0.132 e. The molecule has 0 aromatic heterocycles. The summed E-state index contributed by atoms with van der Waals surface area (Å²) in [5.74, 6) is 0.197. The number of phenols is 2. The lowest BCUT2D eigenvalue weighted by atomic mass is 9.94. The lowest BCUT2D eigenvalue weighted by molar-refractivity contribution is 0.469. The van der Waals surface area contributed by atoms with E-state index in [9.17, 15) is 10.2 Å². The van der Waals surface area contributed by atoms with E-state index in [0.717, 1.165) is 21.5 Å². The van der Waals surface area contributed by atoms with E-state index in [4.69, 9.17) is 0 Å². The van der Waals surface area contributed by atoms with Crippen LogP contribution in [0.3, 0.4) is 0 Å². The second-order valence-electron chi connectivity index (χ2n) is 5.30. The summed E-state index contributed by atoms with van der Waals surface area (Å²) >= 11 is 0. The van der Waals surface area contributed by atoms with Crippen molar-refractivity contribution in [2.45, 2.75) is 0 Å². The van der Waals surface area contributed by atoms with E-state index in [1.54, 1.807) is 6.07 Å². The molecule has 0 saturated heterocycles. The molecule has 0 aliphatic heterocycles. The Kier molecular flexibility index (Phi) is 2.76. The molecule has 4 aromatic rings. The molecule has 0 fully saturated rings. The summed E-state index contributed by atoms with van der Waals surface area (Å²) in [6, 6.07) is 24.0. The molecular formula is C20H13O2. The molecule has 105 valence electrons. The van der Waals surface area contributed by atoms with E-state index >= 15 is 0 Å². The number of fused-ring (bicyclic) bond motifs is 2. The molecule has 2 N–H and O–H groups in total. The highest BCUT2D eigenvalue weighted by Crippen LogP contribution is 2.41. The van der Waals surface area contributed by atoms with Gasteiger partial charge in [-0.15, -0.1) is 0 Å². The van der Waals surface area contributed by atoms with Crippen molar-refractivity contribution < 1.29 is 10.2 Å². The minimum Gasteiger partial charge on any atom is -0.507 e. The fraction of sp³-hybridized carbons (Fsp3) is 0. The summed E-state index contributed by atoms with van der Waals surface area (Å²) in [6.07, 6.45) is 0. The van der Waals surface area contributed by atoms with Gasteiger partial charge < -0.3 is 10.2 Å². The van der Waals surface area contributed by atoms with Gasteiger partial charge >= 0.3 is 0 Å². The van der Waals surface area contributed by atoms with Crippen LogP contribution in [0, 0.1) is 6.07 Å². The van der Waals surface area contributed by atoms with Crippen LogP contribution in [0.1, 0.15) is 0 Å². The lowest BCUT2D eigenvalue weighted by Crippen LogP contribution is -1.85. The zero-order valence-corrected chi connectivity index (χ0v) is 11.7. The van der Waals surface area contributed by atoms with Crippen LogP contribution in [0.5, 0.6) is 11.5 Å². The van der Waals surface area contributed by atoms with Gasteiger partial charge in [-0.05, 0) is 33.7 Å². The van der Waals surface area contributed by atoms with Crippen molar-refractivity contribution in [2.75, 3.05) is 0 Å². The van der Waals surface area contributed by atoms with Gasteiger partial charge in [0.2, 0.25) is 0 Å². The quantitative estimate of drug-likeness (QED) is 0.523. The van der Waals surface area contributed by atoms with Gasteiger partial charge in [-0.2, -0.15) is 0 Å². The molecule has 0 unspecified atom stereocenters. The Labute approximate surface area is 127 Å². The SMILES string of the molecule is Oc1[c]c2ccccc2cc1-c1c(O)ccc2ccccc12. The van der Waals surface area contributed by atoms with Crippen LogP contribution in [0.15, 0.2) is 66.7 Å². The van der Waals surface area contributed by atoms with Gasteiger partial charge in [-0.3, -0.25) is 0 Å². The number of aromatic hydroxyl groups is 2. The third-order valence-corrected chi connectivity index (χ3v) is 3.95. The average Bonchev–Trinajstić information content (AvgIpc) is 2.54. The Balaban J connectivity index is 2.11. The number of phenolic OH excluding ortho intramolecular Hbond substituents is 2. The van der Waals surface area contributed by atoms with Crippen molar-refractivity contribution in [1.82, 2.24) is 0 Å². The van der Waals surface area contributed by atoms with Gasteiger partial charge in [-0.25, -0.2) is 0 Å². The molecular weight excluding hydrogens is 272 g/mol. The first-order valence-corrected chi connectivity index (χ1v) is 7.09. The van der Waals surface area contributed by atoms with Gasteiger partial charge in [0.25, 0.3) is 0 Å². The molecule has 0 heterocycles. The lowest BCUT2D eigenvalue weighted by Gasteiger charge is -2.12. The van der Waals surface area contributed by atoms with Crippen LogP contribution < -0.4 is 0 Å². The molecule has 0 atom stereocenters. The van der Waals surface area contributed by atoms with Crippen LogP contribution in [0.25, 0.3) is 32.7 Å². The summed E-state index contributed by atoms with van der Waals surface area (Å²) in [5, 5.41) is 24.5. The van der Waals surface area contributed by atoms with Crippen LogP contribution >= 0.6 is 0 Å². The van der Waals surface area contributed by atoms with Crippen molar-refractivity contribution in [1.29, 1.82) is 0 Å². The Morgan fingerprint density at radius 3 is 2.32 bits per heavy atom. The largest absolute Gasteiger partial charge is 0.507 e. The summed E-state index contributed by atoms with van der Waals surface area (Å²) in [5.41, 5.74) is 1.23. The molecule has 0 aliphatic carbocycles. The molecule has 22 heavy (non-hydrogen) atoms. The fourth-order valence-corrected chi connectivity index (χ4v) is 2.89. The first-order valence-electron chi connectivity index (χ1n) is 7.09. The molecule has 0 amide bonds. The Bertz CT molecular complexity index is 1000. The van der Waals surface area contributed by atoms with E-state index < -0.39 is 0 Å². The first kappa shape index (κ1) is 12.7. The third kappa shape index (κ3) is 1.89. The molecule has 0 saturated carbocycles. The Morgan fingerprint density at radius 2 is 1.45 bits per heavy atom. The Morgan fingerprint density at radius 1 is 0.727 bits per heavy atom. The summed E-state index contributed by atoms with van der Waals surface area (Å²) < 4.78 is 0. The highest BCUT2D eigenvalue weighted by Gasteiger charge is 2.14. The molecule has 2 nitrogen and oxygen atoms in total. The summed E-state index contributed by atoms with van der Waals surface area (Å²) in [7, 11) is 0. The predicted octanol–water partition coefficient (Wildman–Crippen LogP) is 4.87. The van der Waals surface area contributed by atoms with Crippen molar-refractivity contribution >= 4 is 21.5 Å². The highest BCUT2D eigenvalue weighted by molar-refractivity contribution is 6.03. The van der Waals surface area contributed by atoms with Crippen LogP contribution in [-0.4, -0.2) is 10.2 Å². The molecule has 4 aromatic carbocycles. The number of hydrogen-bond acceptors (Lipinski definition) is 2. The standard InChI is InChI=1S/C20H13O2/c21-18-10-9-13-5-3-4-8-16(13)20(18)17-11-14-6-1-2-7-15(14)12-19(17)22/h1-11,21-22H. The van der Waals surface area contributed by atoms with E-state index in [-0.39, 0.29) is 11.5 Å². The molecule has 0 aliphatic rings. The summed E-state index contributed by atoms with van der Waals surface area (Å²) in [4.78, 5) is 0. The second-order valence-corrected chi connectivity index (χ2v) is 5.30. The van der Waals surface area contributed by atoms with Crippen LogP contribution in [0.4, 0.5) is 0 Å². The predicted molar refractivity (Wildman–Crippen MR) is 89.1 cm³/mol. The number of benzene rings is 4. The topological polar surface area (TPSA) is 40.5 Å². The Hall–Kier alpha value is -3.00. The van der Waals surface area contributed by atoms with Gasteiger partial charge in [0, 0.05) is 17.2 Å². The first-order chi connectivity index (χ1) is 10.7. The maximum absolute atomic E-state index is 10.4. The van der Waals surface area contributed by atoms with Gasteiger partial charge in [0.05, 0.1) is 0 Å². The monoisotopic (exact) mass is 285 g/mol. The van der Waals surface area contributed by atoms with E-state index in [1.807, 2.05) is 60.7 Å². The number of hydrogen-bond donors (Lipinski definition) is 2. The zero-order chi connectivity index (χ0) is 15.1. The average molecular weight is 285 g/mol. The maximum atomic E-state index is 10.4. The molecule has 1 radical (unpaired) electrons. The van der Waals surface area contributed by atoms with Crippen molar-refractivity contribution in [3.05, 3.63) is 72.8 Å².